The first-order valence-corrected chi connectivity index (χ1v) is 10.7. The molecule has 3 rings (SSSR count). The van der Waals surface area contributed by atoms with Crippen LogP contribution in [0.5, 0.6) is 0 Å². The van der Waals surface area contributed by atoms with Crippen LogP contribution in [0.3, 0.4) is 0 Å². The Morgan fingerprint density at radius 2 is 1.89 bits per heavy atom. The van der Waals surface area contributed by atoms with Crippen molar-refractivity contribution >= 4 is 27.0 Å². The summed E-state index contributed by atoms with van der Waals surface area (Å²) >= 11 is 0. The number of hydrogen-bond donors (Lipinski definition) is 2. The third kappa shape index (κ3) is 4.78. The van der Waals surface area contributed by atoms with Gasteiger partial charge in [-0.3, -0.25) is 9.78 Å². The van der Waals surface area contributed by atoms with Crippen LogP contribution >= 0.6 is 0 Å². The van der Waals surface area contributed by atoms with Crippen molar-refractivity contribution in [3.63, 3.8) is 0 Å². The van der Waals surface area contributed by atoms with Gasteiger partial charge in [-0.25, -0.2) is 13.2 Å². The summed E-state index contributed by atoms with van der Waals surface area (Å²) in [4.78, 5) is 26.0. The Hall–Kier alpha value is -2.13. The van der Waals surface area contributed by atoms with Crippen LogP contribution in [0.2, 0.25) is 0 Å². The molecule has 8 nitrogen and oxygen atoms in total. The highest BCUT2D eigenvalue weighted by molar-refractivity contribution is 7.89. The number of oxazole rings is 1. The zero-order valence-electron chi connectivity index (χ0n) is 15.4. The van der Waals surface area contributed by atoms with Crippen LogP contribution in [0.25, 0.3) is 11.1 Å². The lowest BCUT2D eigenvalue weighted by molar-refractivity contribution is -0.121. The van der Waals surface area contributed by atoms with E-state index in [0.717, 1.165) is 30.0 Å². The maximum absolute atomic E-state index is 12.7. The molecule has 1 saturated carbocycles. The van der Waals surface area contributed by atoms with Crippen molar-refractivity contribution < 1.29 is 17.6 Å². The van der Waals surface area contributed by atoms with E-state index in [9.17, 15) is 18.0 Å². The van der Waals surface area contributed by atoms with Gasteiger partial charge in [0.1, 0.15) is 0 Å². The van der Waals surface area contributed by atoms with Crippen molar-refractivity contribution in [3.05, 3.63) is 28.7 Å². The molecule has 0 saturated heterocycles. The SMILES string of the molecule is CN(CC(=O)NC1CCCCCCC1)S(=O)(=O)c1ccc2[nH]c(=O)oc2c1. The molecule has 1 aromatic heterocycles. The monoisotopic (exact) mass is 395 g/mol. The minimum Gasteiger partial charge on any atom is -0.408 e. The Labute approximate surface area is 158 Å². The fourth-order valence-corrected chi connectivity index (χ4v) is 4.57. The summed E-state index contributed by atoms with van der Waals surface area (Å²) in [6, 6.07) is 4.24. The molecule has 1 aliphatic rings. The Morgan fingerprint density at radius 3 is 2.59 bits per heavy atom. The molecule has 0 aliphatic heterocycles. The van der Waals surface area contributed by atoms with Gasteiger partial charge in [-0.05, 0) is 25.0 Å². The molecule has 2 aromatic rings. The van der Waals surface area contributed by atoms with Gasteiger partial charge in [0, 0.05) is 19.2 Å². The maximum Gasteiger partial charge on any atom is 0.417 e. The Bertz CT molecular complexity index is 955. The van der Waals surface area contributed by atoms with Crippen molar-refractivity contribution in [2.24, 2.45) is 0 Å². The number of hydrogen-bond acceptors (Lipinski definition) is 5. The van der Waals surface area contributed by atoms with Gasteiger partial charge in [0.25, 0.3) is 0 Å². The lowest BCUT2D eigenvalue weighted by Gasteiger charge is -2.23. The predicted octanol–water partition coefficient (Wildman–Crippen LogP) is 1.97. The minimum absolute atomic E-state index is 0.0287. The molecule has 1 aliphatic carbocycles. The second-order valence-corrected chi connectivity index (χ2v) is 9.09. The molecule has 0 bridgehead atoms. The van der Waals surface area contributed by atoms with E-state index < -0.39 is 15.8 Å². The van der Waals surface area contributed by atoms with Gasteiger partial charge < -0.3 is 9.73 Å². The van der Waals surface area contributed by atoms with Gasteiger partial charge in [-0.1, -0.05) is 32.1 Å². The first kappa shape index (κ1) is 19.6. The molecular formula is C18H25N3O5S. The molecule has 9 heteroatoms. The summed E-state index contributed by atoms with van der Waals surface area (Å²) in [5.41, 5.74) is 0.581. The number of fused-ring (bicyclic) bond motifs is 1. The van der Waals surface area contributed by atoms with Gasteiger partial charge in [-0.15, -0.1) is 0 Å². The quantitative estimate of drug-likeness (QED) is 0.804. The van der Waals surface area contributed by atoms with E-state index >= 15 is 0 Å². The van der Waals surface area contributed by atoms with Crippen LogP contribution in [0.1, 0.15) is 44.9 Å². The van der Waals surface area contributed by atoms with Crippen LogP contribution in [-0.2, 0) is 14.8 Å². The molecule has 1 aromatic carbocycles. The number of nitrogens with zero attached hydrogens (tertiary/aromatic N) is 1. The molecule has 1 fully saturated rings. The molecule has 27 heavy (non-hydrogen) atoms. The van der Waals surface area contributed by atoms with E-state index in [2.05, 4.69) is 10.3 Å². The fourth-order valence-electron chi connectivity index (χ4n) is 3.43. The smallest absolute Gasteiger partial charge is 0.408 e. The van der Waals surface area contributed by atoms with Gasteiger partial charge in [0.05, 0.1) is 17.0 Å². The van der Waals surface area contributed by atoms with Crippen LogP contribution in [-0.4, -0.2) is 43.2 Å². The van der Waals surface area contributed by atoms with Crippen LogP contribution in [0, 0.1) is 0 Å². The Balaban J connectivity index is 1.66. The molecule has 0 atom stereocenters. The lowest BCUT2D eigenvalue weighted by atomic mass is 9.97. The van der Waals surface area contributed by atoms with Crippen molar-refractivity contribution in [2.75, 3.05) is 13.6 Å². The first-order valence-electron chi connectivity index (χ1n) is 9.25. The highest BCUT2D eigenvalue weighted by atomic mass is 32.2. The summed E-state index contributed by atoms with van der Waals surface area (Å²) < 4.78 is 31.4. The zero-order valence-corrected chi connectivity index (χ0v) is 16.2. The van der Waals surface area contributed by atoms with Crippen molar-refractivity contribution in [3.8, 4) is 0 Å². The standard InChI is InChI=1S/C18H25N3O5S/c1-21(12-17(22)19-13-7-5-3-2-4-6-8-13)27(24,25)14-9-10-15-16(11-14)26-18(23)20-15/h9-11,13H,2-8,12H2,1H3,(H,19,22)(H,20,23). The van der Waals surface area contributed by atoms with Crippen molar-refractivity contribution in [2.45, 2.75) is 55.9 Å². The summed E-state index contributed by atoms with van der Waals surface area (Å²) in [7, 11) is -2.51. The van der Waals surface area contributed by atoms with Crippen LogP contribution in [0.15, 0.2) is 32.3 Å². The lowest BCUT2D eigenvalue weighted by Crippen LogP contribution is -2.42. The average Bonchev–Trinajstić information content (AvgIpc) is 2.96. The number of carbonyl (C=O) groups excluding carboxylic acids is 1. The molecule has 1 heterocycles. The number of sulfonamides is 1. The number of rotatable bonds is 5. The molecule has 0 spiro atoms. The zero-order chi connectivity index (χ0) is 19.4. The van der Waals surface area contributed by atoms with Crippen molar-refractivity contribution in [1.82, 2.24) is 14.6 Å². The molecule has 148 valence electrons. The maximum atomic E-state index is 12.7. The van der Waals surface area contributed by atoms with Crippen LogP contribution in [0.4, 0.5) is 0 Å². The van der Waals surface area contributed by atoms with E-state index in [1.54, 1.807) is 0 Å². The molecule has 0 radical (unpaired) electrons. The number of nitrogens with one attached hydrogen (secondary N) is 2. The Morgan fingerprint density at radius 1 is 1.22 bits per heavy atom. The topological polar surface area (TPSA) is 112 Å². The summed E-state index contributed by atoms with van der Waals surface area (Å²) in [5, 5.41) is 2.96. The van der Waals surface area contributed by atoms with E-state index in [0.29, 0.717) is 5.52 Å². The average molecular weight is 395 g/mol. The second-order valence-electron chi connectivity index (χ2n) is 7.04. The van der Waals surface area contributed by atoms with Gasteiger partial charge in [0.2, 0.25) is 15.9 Å². The minimum atomic E-state index is -3.87. The highest BCUT2D eigenvalue weighted by Gasteiger charge is 2.25. The number of H-pyrrole nitrogens is 1. The largest absolute Gasteiger partial charge is 0.417 e. The van der Waals surface area contributed by atoms with E-state index in [-0.39, 0.29) is 29.0 Å². The Kier molecular flexibility index (Phi) is 6.01. The van der Waals surface area contributed by atoms with E-state index in [1.807, 2.05) is 0 Å². The highest BCUT2D eigenvalue weighted by Crippen LogP contribution is 2.20. The second kappa shape index (κ2) is 8.26. The molecular weight excluding hydrogens is 370 g/mol. The van der Waals surface area contributed by atoms with E-state index in [4.69, 9.17) is 4.42 Å². The summed E-state index contributed by atoms with van der Waals surface area (Å²) in [5.74, 6) is -0.951. The summed E-state index contributed by atoms with van der Waals surface area (Å²) in [6.07, 6.45) is 7.64. The third-order valence-corrected chi connectivity index (χ3v) is 6.74. The number of aromatic nitrogens is 1. The van der Waals surface area contributed by atoms with Gasteiger partial charge in [-0.2, -0.15) is 4.31 Å². The van der Waals surface area contributed by atoms with Gasteiger partial charge >= 0.3 is 5.76 Å². The predicted molar refractivity (Wildman–Crippen MR) is 101 cm³/mol. The fraction of sp³-hybridized carbons (Fsp3) is 0.556. The number of likely N-dealkylation sites (N-methyl/N-ethyl adjacent to an activating group) is 1. The number of carbonyl (C=O) groups is 1. The number of benzene rings is 1. The number of amides is 1. The first-order chi connectivity index (χ1) is 12.9. The van der Waals surface area contributed by atoms with Crippen molar-refractivity contribution in [1.29, 1.82) is 0 Å². The van der Waals surface area contributed by atoms with E-state index in [1.165, 1.54) is 44.5 Å². The molecule has 0 unspecified atom stereocenters. The molecule has 1 amide bonds. The summed E-state index contributed by atoms with van der Waals surface area (Å²) in [6.45, 7) is -0.256. The third-order valence-electron chi connectivity index (χ3n) is 4.94. The number of aromatic amines is 1. The molecule has 2 N–H and O–H groups in total. The normalized spacial score (nSPS) is 17.0. The van der Waals surface area contributed by atoms with Gasteiger partial charge in [0.15, 0.2) is 5.58 Å². The van der Waals surface area contributed by atoms with Crippen LogP contribution < -0.4 is 11.1 Å².